The SMILES string of the molecule is Oc1ccc(O)c(C2c3[nH]c4ccc(Br)cc4c3C(c3cc(O)ccc3O)c3[nH]c4ccc(Br)cc4c32)c1. The molecule has 8 heteroatoms. The van der Waals surface area contributed by atoms with Crippen molar-refractivity contribution in [2.24, 2.45) is 0 Å². The average Bonchev–Trinajstić information content (AvgIpc) is 3.44. The number of benzene rings is 4. The zero-order valence-corrected chi connectivity index (χ0v) is 22.8. The molecule has 6 nitrogen and oxygen atoms in total. The molecule has 1 aliphatic rings. The van der Waals surface area contributed by atoms with Gasteiger partial charge in [-0.05, 0) is 83.9 Å². The molecule has 0 aliphatic heterocycles. The van der Waals surface area contributed by atoms with Gasteiger partial charge in [0.2, 0.25) is 0 Å². The fourth-order valence-electron chi connectivity index (χ4n) is 5.95. The number of phenols is 4. The van der Waals surface area contributed by atoms with E-state index in [-0.39, 0.29) is 23.0 Å². The molecule has 0 saturated carbocycles. The lowest BCUT2D eigenvalue weighted by atomic mass is 9.72. The minimum absolute atomic E-state index is 0.0496. The summed E-state index contributed by atoms with van der Waals surface area (Å²) >= 11 is 7.21. The number of phenolic OH excluding ortho intramolecular Hbond substituents is 4. The summed E-state index contributed by atoms with van der Waals surface area (Å²) < 4.78 is 1.79. The van der Waals surface area contributed by atoms with Gasteiger partial charge in [0.15, 0.2) is 0 Å². The molecule has 0 amide bonds. The highest BCUT2D eigenvalue weighted by Crippen LogP contribution is 2.55. The second-order valence-electron chi connectivity index (χ2n) is 9.64. The standard InChI is InChI=1S/C30H20Br2N2O4/c31-13-1-5-21-17(9-13)25-27(19-11-15(35)3-7-23(19)37)30-26(18-10-14(32)2-6-22(18)34-30)28(29(25)33-21)20-12-16(36)4-8-24(20)38/h1-12,27-28,33-38H. The van der Waals surface area contributed by atoms with E-state index in [0.29, 0.717) is 11.1 Å². The Morgan fingerprint density at radius 2 is 0.947 bits per heavy atom. The molecular weight excluding hydrogens is 612 g/mol. The molecule has 0 radical (unpaired) electrons. The lowest BCUT2D eigenvalue weighted by Crippen LogP contribution is -2.19. The van der Waals surface area contributed by atoms with Gasteiger partial charge >= 0.3 is 0 Å². The number of aromatic amines is 2. The third kappa shape index (κ3) is 3.37. The lowest BCUT2D eigenvalue weighted by molar-refractivity contribution is 0.450. The largest absolute Gasteiger partial charge is 0.508 e. The molecule has 2 aromatic heterocycles. The van der Waals surface area contributed by atoms with Crippen molar-refractivity contribution in [3.8, 4) is 23.0 Å². The van der Waals surface area contributed by atoms with Crippen LogP contribution in [0.25, 0.3) is 21.8 Å². The zero-order chi connectivity index (χ0) is 26.3. The molecule has 2 heterocycles. The minimum Gasteiger partial charge on any atom is -0.508 e. The number of hydrogen-bond acceptors (Lipinski definition) is 4. The fraction of sp³-hybridized carbons (Fsp3) is 0.0667. The van der Waals surface area contributed by atoms with Crippen LogP contribution in [0.15, 0.2) is 81.7 Å². The Balaban J connectivity index is 1.68. The van der Waals surface area contributed by atoms with Gasteiger partial charge in [-0.15, -0.1) is 0 Å². The smallest absolute Gasteiger partial charge is 0.120 e. The summed E-state index contributed by atoms with van der Waals surface area (Å²) in [5, 5.41) is 44.9. The molecular formula is C30H20Br2N2O4. The second-order valence-corrected chi connectivity index (χ2v) is 11.5. The van der Waals surface area contributed by atoms with Crippen molar-refractivity contribution in [3.05, 3.63) is 115 Å². The number of fused-ring (bicyclic) bond motifs is 6. The number of H-pyrrole nitrogens is 2. The van der Waals surface area contributed by atoms with Crippen LogP contribution in [0.3, 0.4) is 0 Å². The van der Waals surface area contributed by atoms with Crippen LogP contribution < -0.4 is 0 Å². The molecule has 38 heavy (non-hydrogen) atoms. The Morgan fingerprint density at radius 3 is 1.37 bits per heavy atom. The van der Waals surface area contributed by atoms with Crippen LogP contribution in [0.1, 0.15) is 45.5 Å². The van der Waals surface area contributed by atoms with Crippen molar-refractivity contribution in [1.82, 2.24) is 9.97 Å². The van der Waals surface area contributed by atoms with E-state index in [1.807, 2.05) is 36.4 Å². The Bertz CT molecular complexity index is 1780. The van der Waals surface area contributed by atoms with Crippen molar-refractivity contribution in [2.45, 2.75) is 11.8 Å². The van der Waals surface area contributed by atoms with Gasteiger partial charge in [-0.3, -0.25) is 0 Å². The Morgan fingerprint density at radius 1 is 0.526 bits per heavy atom. The van der Waals surface area contributed by atoms with E-state index < -0.39 is 11.8 Å². The van der Waals surface area contributed by atoms with Gasteiger partial charge < -0.3 is 30.4 Å². The van der Waals surface area contributed by atoms with E-state index in [4.69, 9.17) is 0 Å². The van der Waals surface area contributed by atoms with Crippen LogP contribution in [0.5, 0.6) is 23.0 Å². The maximum atomic E-state index is 11.1. The first-order chi connectivity index (χ1) is 18.3. The summed E-state index contributed by atoms with van der Waals surface area (Å²) in [4.78, 5) is 7.20. The van der Waals surface area contributed by atoms with Crippen molar-refractivity contribution in [2.75, 3.05) is 0 Å². The topological polar surface area (TPSA) is 112 Å². The molecule has 6 N–H and O–H groups in total. The summed E-state index contributed by atoms with van der Waals surface area (Å²) in [6.45, 7) is 0. The van der Waals surface area contributed by atoms with Crippen molar-refractivity contribution >= 4 is 53.7 Å². The lowest BCUT2D eigenvalue weighted by Gasteiger charge is -2.31. The first-order valence-electron chi connectivity index (χ1n) is 12.0. The summed E-state index contributed by atoms with van der Waals surface area (Å²) in [6, 6.07) is 21.1. The number of rotatable bonds is 2. The minimum atomic E-state index is -0.461. The summed E-state index contributed by atoms with van der Waals surface area (Å²) in [5.74, 6) is -0.698. The van der Waals surface area contributed by atoms with E-state index in [2.05, 4.69) is 41.8 Å². The molecule has 7 rings (SSSR count). The Hall–Kier alpha value is -3.88. The first kappa shape index (κ1) is 23.3. The third-order valence-electron chi connectivity index (χ3n) is 7.46. The van der Waals surface area contributed by atoms with Crippen LogP contribution in [0.4, 0.5) is 0 Å². The predicted octanol–water partition coefficient (Wildman–Crippen LogP) is 7.67. The number of aromatic hydroxyl groups is 4. The number of halogens is 2. The van der Waals surface area contributed by atoms with Crippen molar-refractivity contribution in [1.29, 1.82) is 0 Å². The molecule has 0 fully saturated rings. The number of hydrogen-bond donors (Lipinski definition) is 6. The fourth-order valence-corrected chi connectivity index (χ4v) is 6.67. The summed E-state index contributed by atoms with van der Waals surface area (Å²) in [5.41, 5.74) is 6.38. The van der Waals surface area contributed by atoms with Crippen molar-refractivity contribution < 1.29 is 20.4 Å². The highest BCUT2D eigenvalue weighted by atomic mass is 79.9. The quantitative estimate of drug-likeness (QED) is 0.110. The molecule has 2 unspecified atom stereocenters. The van der Waals surface area contributed by atoms with Gasteiger partial charge in [-0.2, -0.15) is 0 Å². The van der Waals surface area contributed by atoms with Crippen LogP contribution in [-0.2, 0) is 0 Å². The highest BCUT2D eigenvalue weighted by molar-refractivity contribution is 9.10. The number of aromatic nitrogens is 2. The van der Waals surface area contributed by atoms with Crippen LogP contribution in [0, 0.1) is 0 Å². The van der Waals surface area contributed by atoms with Crippen molar-refractivity contribution in [3.63, 3.8) is 0 Å². The second kappa shape index (κ2) is 8.31. The molecule has 0 bridgehead atoms. The summed E-state index contributed by atoms with van der Waals surface area (Å²) in [7, 11) is 0. The van der Waals surface area contributed by atoms with Gasteiger partial charge in [-0.1, -0.05) is 31.9 Å². The van der Waals surface area contributed by atoms with Gasteiger partial charge in [-0.25, -0.2) is 0 Å². The average molecular weight is 632 g/mol. The van der Waals surface area contributed by atoms with Crippen LogP contribution >= 0.6 is 31.9 Å². The van der Waals surface area contributed by atoms with Crippen LogP contribution in [-0.4, -0.2) is 30.4 Å². The van der Waals surface area contributed by atoms with E-state index in [1.54, 1.807) is 12.1 Å². The van der Waals surface area contributed by atoms with Gasteiger partial charge in [0.25, 0.3) is 0 Å². The number of nitrogens with one attached hydrogen (secondary N) is 2. The van der Waals surface area contributed by atoms with Gasteiger partial charge in [0.05, 0.1) is 11.8 Å². The van der Waals surface area contributed by atoms with Crippen LogP contribution in [0.2, 0.25) is 0 Å². The molecule has 2 atom stereocenters. The summed E-state index contributed by atoms with van der Waals surface area (Å²) in [6.07, 6.45) is 0. The maximum absolute atomic E-state index is 11.1. The molecule has 1 aliphatic carbocycles. The maximum Gasteiger partial charge on any atom is 0.120 e. The van der Waals surface area contributed by atoms with E-state index in [0.717, 1.165) is 53.3 Å². The Kier molecular flexibility index (Phi) is 5.09. The van der Waals surface area contributed by atoms with E-state index in [1.165, 1.54) is 24.3 Å². The predicted molar refractivity (Wildman–Crippen MR) is 153 cm³/mol. The Labute approximate surface area is 233 Å². The van der Waals surface area contributed by atoms with E-state index >= 15 is 0 Å². The normalized spacial score (nSPS) is 16.6. The monoisotopic (exact) mass is 630 g/mol. The molecule has 6 aromatic rings. The molecule has 188 valence electrons. The third-order valence-corrected chi connectivity index (χ3v) is 8.45. The highest BCUT2D eigenvalue weighted by Gasteiger charge is 2.41. The zero-order valence-electron chi connectivity index (χ0n) is 19.6. The van der Waals surface area contributed by atoms with Gasteiger partial charge in [0.1, 0.15) is 23.0 Å². The molecule has 0 saturated heterocycles. The van der Waals surface area contributed by atoms with Gasteiger partial charge in [0, 0.05) is 53.3 Å². The molecule has 0 spiro atoms. The first-order valence-corrected chi connectivity index (χ1v) is 13.5. The molecule has 4 aromatic carbocycles. The van der Waals surface area contributed by atoms with E-state index in [9.17, 15) is 20.4 Å².